The van der Waals surface area contributed by atoms with Crippen molar-refractivity contribution in [3.63, 3.8) is 0 Å². The van der Waals surface area contributed by atoms with Crippen molar-refractivity contribution in [2.75, 3.05) is 0 Å². The molecule has 16 heavy (non-hydrogen) atoms. The van der Waals surface area contributed by atoms with Gasteiger partial charge in [0.1, 0.15) is 0 Å². The van der Waals surface area contributed by atoms with Crippen LogP contribution in [0.3, 0.4) is 0 Å². The number of hydrogen-bond acceptors (Lipinski definition) is 2. The first kappa shape index (κ1) is 11.8. The molecular weight excluding hydrogens is 204 g/mol. The van der Waals surface area contributed by atoms with Gasteiger partial charge in [-0.15, -0.1) is 0 Å². The molecule has 0 radical (unpaired) electrons. The Hall–Kier alpha value is -2.28. The van der Waals surface area contributed by atoms with Gasteiger partial charge in [-0.05, 0) is 24.5 Å². The fraction of sp³-hybridized carbons (Fsp3) is 0.167. The maximum absolute atomic E-state index is 11.1. The summed E-state index contributed by atoms with van der Waals surface area (Å²) in [4.78, 5) is 22.2. The van der Waals surface area contributed by atoms with E-state index in [1.54, 1.807) is 31.2 Å². The van der Waals surface area contributed by atoms with Crippen molar-refractivity contribution in [2.24, 2.45) is 5.73 Å². The molecule has 0 aromatic heterocycles. The summed E-state index contributed by atoms with van der Waals surface area (Å²) in [6.45, 7) is 1.82. The Morgan fingerprint density at radius 2 is 2.06 bits per heavy atom. The van der Waals surface area contributed by atoms with E-state index < -0.39 is 5.91 Å². The fourth-order valence-electron chi connectivity index (χ4n) is 1.25. The Labute approximate surface area is 93.8 Å². The highest BCUT2D eigenvalue weighted by atomic mass is 16.1. The van der Waals surface area contributed by atoms with Gasteiger partial charge in [0.15, 0.2) is 0 Å². The first-order chi connectivity index (χ1) is 7.65. The van der Waals surface area contributed by atoms with E-state index in [1.807, 2.05) is 0 Å². The van der Waals surface area contributed by atoms with Crippen LogP contribution in [0.25, 0.3) is 0 Å². The Morgan fingerprint density at radius 3 is 2.69 bits per heavy atom. The summed E-state index contributed by atoms with van der Waals surface area (Å²) in [6.07, 6.45) is 0. The number of carbonyl (C=O) groups excluding carboxylic acids is 2. The summed E-state index contributed by atoms with van der Waals surface area (Å²) in [6, 6.07) is 6.85. The fourth-order valence-corrected chi connectivity index (χ4v) is 1.25. The van der Waals surface area contributed by atoms with E-state index in [0.717, 1.165) is 0 Å². The molecule has 0 spiro atoms. The highest BCUT2D eigenvalue weighted by Crippen LogP contribution is 2.07. The minimum Gasteiger partial charge on any atom is -0.366 e. The predicted molar refractivity (Wildman–Crippen MR) is 60.3 cm³/mol. The van der Waals surface area contributed by atoms with Crippen LogP contribution in [-0.4, -0.2) is 11.8 Å². The molecule has 0 saturated heterocycles. The van der Waals surface area contributed by atoms with E-state index in [9.17, 15) is 9.59 Å². The van der Waals surface area contributed by atoms with Gasteiger partial charge in [0.05, 0.1) is 0 Å². The van der Waals surface area contributed by atoms with Gasteiger partial charge in [-0.25, -0.2) is 0 Å². The van der Waals surface area contributed by atoms with E-state index >= 15 is 0 Å². The quantitative estimate of drug-likeness (QED) is 0.719. The Kier molecular flexibility index (Phi) is 4.10. The van der Waals surface area contributed by atoms with Crippen LogP contribution < -0.4 is 11.1 Å². The molecule has 1 aromatic rings. The normalized spacial score (nSPS) is 8.81. The number of hydrogen-bond donors (Lipinski definition) is 2. The summed E-state index contributed by atoms with van der Waals surface area (Å²) in [5.41, 5.74) is 6.29. The molecule has 0 unspecified atom stereocenters. The first-order valence-corrected chi connectivity index (χ1v) is 4.73. The summed E-state index contributed by atoms with van der Waals surface area (Å²) in [7, 11) is 0. The molecule has 1 aromatic carbocycles. The largest absolute Gasteiger partial charge is 0.366 e. The van der Waals surface area contributed by atoms with Crippen molar-refractivity contribution >= 4 is 11.8 Å². The smallest absolute Gasteiger partial charge is 0.296 e. The molecule has 3 N–H and O–H groups in total. The van der Waals surface area contributed by atoms with Gasteiger partial charge in [-0.1, -0.05) is 24.1 Å². The number of nitrogens with one attached hydrogen (secondary N) is 1. The maximum Gasteiger partial charge on any atom is 0.296 e. The second kappa shape index (κ2) is 5.56. The lowest BCUT2D eigenvalue weighted by Crippen LogP contribution is -2.23. The van der Waals surface area contributed by atoms with Crippen molar-refractivity contribution in [3.8, 4) is 11.8 Å². The molecule has 0 heterocycles. The lowest BCUT2D eigenvalue weighted by Gasteiger charge is -2.05. The number of nitrogens with two attached hydrogens (primary N) is 1. The van der Waals surface area contributed by atoms with Gasteiger partial charge in [0, 0.05) is 12.1 Å². The van der Waals surface area contributed by atoms with Crippen LogP contribution in [0, 0.1) is 11.8 Å². The molecule has 0 bridgehead atoms. The Balaban J connectivity index is 2.76. The maximum atomic E-state index is 11.1. The van der Waals surface area contributed by atoms with Crippen LogP contribution in [0.1, 0.15) is 22.8 Å². The second-order valence-corrected chi connectivity index (χ2v) is 3.08. The van der Waals surface area contributed by atoms with Gasteiger partial charge in [0.25, 0.3) is 5.91 Å². The summed E-state index contributed by atoms with van der Waals surface area (Å²) in [5, 5.41) is 2.57. The van der Waals surface area contributed by atoms with E-state index in [4.69, 9.17) is 5.73 Å². The van der Waals surface area contributed by atoms with E-state index in [0.29, 0.717) is 11.1 Å². The van der Waals surface area contributed by atoms with Gasteiger partial charge < -0.3 is 11.1 Å². The van der Waals surface area contributed by atoms with Crippen molar-refractivity contribution < 1.29 is 9.59 Å². The van der Waals surface area contributed by atoms with Crippen LogP contribution in [0.4, 0.5) is 0 Å². The van der Waals surface area contributed by atoms with Crippen LogP contribution in [0.2, 0.25) is 0 Å². The van der Waals surface area contributed by atoms with E-state index in [2.05, 4.69) is 17.2 Å². The molecule has 2 amide bonds. The first-order valence-electron chi connectivity index (χ1n) is 4.73. The van der Waals surface area contributed by atoms with E-state index in [-0.39, 0.29) is 12.5 Å². The third kappa shape index (κ3) is 3.14. The number of primary amides is 1. The molecule has 1 rings (SSSR count). The van der Waals surface area contributed by atoms with Crippen LogP contribution in [0.5, 0.6) is 0 Å². The predicted octanol–water partition coefficient (Wildman–Crippen LogP) is 0.425. The van der Waals surface area contributed by atoms with Gasteiger partial charge in [-0.2, -0.15) is 0 Å². The molecular formula is C12H12N2O2. The average Bonchev–Trinajstić information content (AvgIpc) is 2.27. The SMILES string of the molecule is CC#CC(=O)NCc1ccccc1C(N)=O. The number of amides is 2. The summed E-state index contributed by atoms with van der Waals surface area (Å²) < 4.78 is 0. The molecule has 0 aliphatic carbocycles. The summed E-state index contributed by atoms with van der Waals surface area (Å²) in [5.74, 6) is 3.95. The number of rotatable bonds is 3. The molecule has 4 nitrogen and oxygen atoms in total. The van der Waals surface area contributed by atoms with Crippen LogP contribution in [0.15, 0.2) is 24.3 Å². The topological polar surface area (TPSA) is 72.2 Å². The van der Waals surface area contributed by atoms with Gasteiger partial charge in [-0.3, -0.25) is 9.59 Å². The minimum atomic E-state index is -0.508. The average molecular weight is 216 g/mol. The third-order valence-electron chi connectivity index (χ3n) is 1.96. The highest BCUT2D eigenvalue weighted by Gasteiger charge is 2.07. The van der Waals surface area contributed by atoms with Gasteiger partial charge in [0.2, 0.25) is 5.91 Å². The zero-order chi connectivity index (χ0) is 12.0. The molecule has 0 saturated carbocycles. The molecule has 0 atom stereocenters. The lowest BCUT2D eigenvalue weighted by atomic mass is 10.1. The zero-order valence-electron chi connectivity index (χ0n) is 8.91. The van der Waals surface area contributed by atoms with Crippen molar-refractivity contribution in [2.45, 2.75) is 13.5 Å². The van der Waals surface area contributed by atoms with Crippen molar-refractivity contribution in [1.82, 2.24) is 5.32 Å². The summed E-state index contributed by atoms with van der Waals surface area (Å²) >= 11 is 0. The molecule has 0 aliphatic rings. The monoisotopic (exact) mass is 216 g/mol. The Bertz CT molecular complexity index is 469. The van der Waals surface area contributed by atoms with Crippen molar-refractivity contribution in [3.05, 3.63) is 35.4 Å². The minimum absolute atomic E-state index is 0.243. The standard InChI is InChI=1S/C12H12N2O2/c1-2-5-11(15)14-8-9-6-3-4-7-10(9)12(13)16/h3-4,6-7H,8H2,1H3,(H2,13,16)(H,14,15). The lowest BCUT2D eigenvalue weighted by molar-refractivity contribution is -0.115. The molecule has 0 aliphatic heterocycles. The van der Waals surface area contributed by atoms with E-state index in [1.165, 1.54) is 0 Å². The number of benzene rings is 1. The zero-order valence-corrected chi connectivity index (χ0v) is 8.91. The van der Waals surface area contributed by atoms with Gasteiger partial charge >= 0.3 is 0 Å². The molecule has 82 valence electrons. The van der Waals surface area contributed by atoms with Crippen LogP contribution >= 0.6 is 0 Å². The third-order valence-corrected chi connectivity index (χ3v) is 1.96. The Morgan fingerprint density at radius 1 is 1.38 bits per heavy atom. The second-order valence-electron chi connectivity index (χ2n) is 3.08. The van der Waals surface area contributed by atoms with Crippen molar-refractivity contribution in [1.29, 1.82) is 0 Å². The molecule has 0 fully saturated rings. The molecule has 4 heteroatoms. The number of carbonyl (C=O) groups is 2. The highest BCUT2D eigenvalue weighted by molar-refractivity contribution is 5.95. The van der Waals surface area contributed by atoms with Crippen LogP contribution in [-0.2, 0) is 11.3 Å².